The van der Waals surface area contributed by atoms with Gasteiger partial charge in [-0.15, -0.1) is 0 Å². The summed E-state index contributed by atoms with van der Waals surface area (Å²) < 4.78 is 19.1. The minimum absolute atomic E-state index is 0.171. The zero-order valence-electron chi connectivity index (χ0n) is 18.5. The van der Waals surface area contributed by atoms with Crippen molar-refractivity contribution in [3.8, 4) is 5.75 Å². The second kappa shape index (κ2) is 10.4. The van der Waals surface area contributed by atoms with E-state index >= 15 is 0 Å². The fourth-order valence-electron chi connectivity index (χ4n) is 3.94. The average Bonchev–Trinajstić information content (AvgIpc) is 3.25. The predicted molar refractivity (Wildman–Crippen MR) is 118 cm³/mol. The summed E-state index contributed by atoms with van der Waals surface area (Å²) in [7, 11) is 0. The normalized spacial score (nSPS) is 14.8. The number of carbonyl (C=O) groups is 2. The van der Waals surface area contributed by atoms with E-state index in [0.717, 1.165) is 42.4 Å². The second-order valence-electron chi connectivity index (χ2n) is 8.37. The van der Waals surface area contributed by atoms with Crippen molar-refractivity contribution in [3.63, 3.8) is 0 Å². The molecule has 166 valence electrons. The molecule has 2 aromatic rings. The summed E-state index contributed by atoms with van der Waals surface area (Å²) >= 11 is 0. The first-order valence-corrected chi connectivity index (χ1v) is 10.9. The summed E-state index contributed by atoms with van der Waals surface area (Å²) in [5, 5.41) is 3.06. The molecule has 2 aromatic carbocycles. The van der Waals surface area contributed by atoms with Gasteiger partial charge in [-0.2, -0.15) is 0 Å². The van der Waals surface area contributed by atoms with E-state index in [-0.39, 0.29) is 36.8 Å². The van der Waals surface area contributed by atoms with Gasteiger partial charge in [-0.1, -0.05) is 42.7 Å². The summed E-state index contributed by atoms with van der Waals surface area (Å²) in [6.45, 7) is 5.68. The molecule has 1 fully saturated rings. The van der Waals surface area contributed by atoms with E-state index in [2.05, 4.69) is 5.32 Å². The van der Waals surface area contributed by atoms with Gasteiger partial charge in [-0.25, -0.2) is 4.39 Å². The number of aryl methyl sites for hydroxylation is 2. The molecule has 2 amide bonds. The monoisotopic (exact) mass is 426 g/mol. The SMILES string of the molecule is Cc1ccc(OCC(=O)N(Cc2ccc(F)cc2)[C@H](C)C(=O)NC2CCCC2)c(C)c1. The zero-order chi connectivity index (χ0) is 22.4. The summed E-state index contributed by atoms with van der Waals surface area (Å²) in [4.78, 5) is 27.4. The van der Waals surface area contributed by atoms with Gasteiger partial charge in [0.1, 0.15) is 17.6 Å². The molecule has 0 heterocycles. The molecule has 1 N–H and O–H groups in total. The molecule has 1 aliphatic rings. The number of hydrogen-bond acceptors (Lipinski definition) is 3. The minimum atomic E-state index is -0.666. The molecule has 1 aliphatic carbocycles. The number of ether oxygens (including phenoxy) is 1. The quantitative estimate of drug-likeness (QED) is 0.685. The highest BCUT2D eigenvalue weighted by molar-refractivity contribution is 5.88. The smallest absolute Gasteiger partial charge is 0.261 e. The van der Waals surface area contributed by atoms with Gasteiger partial charge >= 0.3 is 0 Å². The van der Waals surface area contributed by atoms with Crippen molar-refractivity contribution in [3.05, 3.63) is 65.0 Å². The van der Waals surface area contributed by atoms with Gasteiger partial charge in [0, 0.05) is 12.6 Å². The Labute approximate surface area is 183 Å². The molecule has 3 rings (SSSR count). The third kappa shape index (κ3) is 6.29. The van der Waals surface area contributed by atoms with Crippen LogP contribution in [0.2, 0.25) is 0 Å². The molecule has 0 aromatic heterocycles. The molecular weight excluding hydrogens is 395 g/mol. The number of amides is 2. The van der Waals surface area contributed by atoms with Crippen molar-refractivity contribution >= 4 is 11.8 Å². The van der Waals surface area contributed by atoms with Crippen molar-refractivity contribution in [2.45, 2.75) is 65.1 Å². The minimum Gasteiger partial charge on any atom is -0.483 e. The fourth-order valence-corrected chi connectivity index (χ4v) is 3.94. The van der Waals surface area contributed by atoms with Crippen LogP contribution in [0.25, 0.3) is 0 Å². The molecule has 5 nitrogen and oxygen atoms in total. The summed E-state index contributed by atoms with van der Waals surface area (Å²) in [6, 6.07) is 11.2. The van der Waals surface area contributed by atoms with Gasteiger partial charge in [-0.05, 0) is 62.9 Å². The molecule has 31 heavy (non-hydrogen) atoms. The number of nitrogens with one attached hydrogen (secondary N) is 1. The number of nitrogens with zero attached hydrogens (tertiary/aromatic N) is 1. The van der Waals surface area contributed by atoms with Gasteiger partial charge in [0.2, 0.25) is 5.91 Å². The van der Waals surface area contributed by atoms with Gasteiger partial charge in [0.05, 0.1) is 0 Å². The summed E-state index contributed by atoms with van der Waals surface area (Å²) in [5.74, 6) is -0.164. The number of rotatable bonds is 8. The number of carbonyl (C=O) groups excluding carboxylic acids is 2. The van der Waals surface area contributed by atoms with Crippen LogP contribution in [0.15, 0.2) is 42.5 Å². The van der Waals surface area contributed by atoms with Crippen LogP contribution in [0.3, 0.4) is 0 Å². The van der Waals surface area contributed by atoms with Crippen molar-refractivity contribution in [1.82, 2.24) is 10.2 Å². The van der Waals surface area contributed by atoms with E-state index in [4.69, 9.17) is 4.74 Å². The van der Waals surface area contributed by atoms with Crippen LogP contribution in [0.4, 0.5) is 4.39 Å². The Morgan fingerprint density at radius 2 is 1.81 bits per heavy atom. The van der Waals surface area contributed by atoms with Crippen LogP contribution in [-0.4, -0.2) is 35.4 Å². The zero-order valence-corrected chi connectivity index (χ0v) is 18.5. The first-order valence-electron chi connectivity index (χ1n) is 10.9. The molecular formula is C25H31FN2O3. The molecule has 0 unspecified atom stereocenters. The van der Waals surface area contributed by atoms with Crippen molar-refractivity contribution in [1.29, 1.82) is 0 Å². The van der Waals surface area contributed by atoms with Crippen LogP contribution in [-0.2, 0) is 16.1 Å². The highest BCUT2D eigenvalue weighted by Gasteiger charge is 2.28. The van der Waals surface area contributed by atoms with E-state index in [0.29, 0.717) is 5.75 Å². The maximum Gasteiger partial charge on any atom is 0.261 e. The van der Waals surface area contributed by atoms with Crippen molar-refractivity contribution in [2.75, 3.05) is 6.61 Å². The number of hydrogen-bond donors (Lipinski definition) is 1. The van der Waals surface area contributed by atoms with Crippen LogP contribution in [0.1, 0.15) is 49.3 Å². The molecule has 0 spiro atoms. The first-order chi connectivity index (χ1) is 14.8. The lowest BCUT2D eigenvalue weighted by Crippen LogP contribution is -2.50. The number of benzene rings is 2. The number of halogens is 1. The average molecular weight is 427 g/mol. The lowest BCUT2D eigenvalue weighted by Gasteiger charge is -2.29. The molecule has 6 heteroatoms. The molecule has 1 atom stereocenters. The Kier molecular flexibility index (Phi) is 7.66. The Hall–Kier alpha value is -2.89. The van der Waals surface area contributed by atoms with Crippen molar-refractivity contribution < 1.29 is 18.7 Å². The van der Waals surface area contributed by atoms with Gasteiger partial charge in [0.25, 0.3) is 5.91 Å². The van der Waals surface area contributed by atoms with E-state index in [1.807, 2.05) is 32.0 Å². The van der Waals surface area contributed by atoms with Crippen LogP contribution < -0.4 is 10.1 Å². The topological polar surface area (TPSA) is 58.6 Å². The third-order valence-corrected chi connectivity index (χ3v) is 5.82. The Bertz CT molecular complexity index is 907. The van der Waals surface area contributed by atoms with Gasteiger partial charge in [-0.3, -0.25) is 9.59 Å². The Morgan fingerprint density at radius 3 is 2.45 bits per heavy atom. The predicted octanol–water partition coefficient (Wildman–Crippen LogP) is 4.30. The molecule has 0 aliphatic heterocycles. The lowest BCUT2D eigenvalue weighted by atomic mass is 10.1. The maximum absolute atomic E-state index is 13.3. The van der Waals surface area contributed by atoms with Crippen LogP contribution >= 0.6 is 0 Å². The van der Waals surface area contributed by atoms with E-state index in [9.17, 15) is 14.0 Å². The fraction of sp³-hybridized carbons (Fsp3) is 0.440. The van der Waals surface area contributed by atoms with Crippen molar-refractivity contribution in [2.24, 2.45) is 0 Å². The van der Waals surface area contributed by atoms with E-state index < -0.39 is 6.04 Å². The molecule has 0 radical (unpaired) electrons. The Morgan fingerprint density at radius 1 is 1.13 bits per heavy atom. The highest BCUT2D eigenvalue weighted by Crippen LogP contribution is 2.20. The van der Waals surface area contributed by atoms with Gasteiger partial charge in [0.15, 0.2) is 6.61 Å². The lowest BCUT2D eigenvalue weighted by molar-refractivity contribution is -0.142. The molecule has 1 saturated carbocycles. The van der Waals surface area contributed by atoms with Crippen LogP contribution in [0.5, 0.6) is 5.75 Å². The highest BCUT2D eigenvalue weighted by atomic mass is 19.1. The first kappa shape index (κ1) is 22.8. The largest absolute Gasteiger partial charge is 0.483 e. The third-order valence-electron chi connectivity index (χ3n) is 5.82. The Balaban J connectivity index is 1.72. The summed E-state index contributed by atoms with van der Waals surface area (Å²) in [5.41, 5.74) is 2.82. The standard InChI is InChI=1S/C25H31FN2O3/c1-17-8-13-23(18(2)14-17)31-16-24(29)28(15-20-9-11-21(26)12-10-20)19(3)25(30)27-22-6-4-5-7-22/h8-14,19,22H,4-7,15-16H2,1-3H3,(H,27,30)/t19-/m1/s1. The second-order valence-corrected chi connectivity index (χ2v) is 8.37. The molecule has 0 bridgehead atoms. The van der Waals surface area contributed by atoms with E-state index in [1.165, 1.54) is 17.0 Å². The summed E-state index contributed by atoms with van der Waals surface area (Å²) in [6.07, 6.45) is 4.17. The maximum atomic E-state index is 13.3. The van der Waals surface area contributed by atoms with E-state index in [1.54, 1.807) is 19.1 Å². The van der Waals surface area contributed by atoms with Gasteiger partial charge < -0.3 is 15.0 Å². The molecule has 0 saturated heterocycles. The van der Waals surface area contributed by atoms with Crippen LogP contribution in [0, 0.1) is 19.7 Å².